The third kappa shape index (κ3) is 2.75. The van der Waals surface area contributed by atoms with Crippen LogP contribution in [0.5, 0.6) is 0 Å². The number of benzene rings is 1. The van der Waals surface area contributed by atoms with E-state index in [-0.39, 0.29) is 5.78 Å². The zero-order valence-electron chi connectivity index (χ0n) is 10.1. The van der Waals surface area contributed by atoms with E-state index in [1.165, 1.54) is 0 Å². The summed E-state index contributed by atoms with van der Waals surface area (Å²) in [6, 6.07) is 11.7. The minimum Gasteiger partial charge on any atom is -0.378 e. The zero-order valence-corrected chi connectivity index (χ0v) is 10.1. The molecule has 2 rings (SSSR count). The van der Waals surface area contributed by atoms with Crippen LogP contribution in [0.15, 0.2) is 36.4 Å². The molecular weight excluding hydrogens is 212 g/mol. The number of para-hydroxylation sites is 1. The van der Waals surface area contributed by atoms with Gasteiger partial charge in [-0.15, -0.1) is 0 Å². The van der Waals surface area contributed by atoms with Crippen LogP contribution in [0.1, 0.15) is 21.7 Å². The second kappa shape index (κ2) is 4.87. The summed E-state index contributed by atoms with van der Waals surface area (Å²) in [6.45, 7) is 4.21. The molecule has 0 saturated heterocycles. The van der Waals surface area contributed by atoms with Gasteiger partial charge in [-0.25, -0.2) is 0 Å². The molecule has 0 bridgehead atoms. The Labute approximate surface area is 101 Å². The molecule has 3 heteroatoms. The number of carbonyl (C=O) groups is 1. The monoisotopic (exact) mass is 228 g/mol. The first-order valence-electron chi connectivity index (χ1n) is 5.65. The molecule has 17 heavy (non-hydrogen) atoms. The summed E-state index contributed by atoms with van der Waals surface area (Å²) in [6.07, 6.45) is 0. The van der Waals surface area contributed by atoms with E-state index >= 15 is 0 Å². The van der Waals surface area contributed by atoms with Gasteiger partial charge in [0, 0.05) is 11.4 Å². The summed E-state index contributed by atoms with van der Waals surface area (Å²) in [7, 11) is 0. The van der Waals surface area contributed by atoms with E-state index < -0.39 is 0 Å². The molecule has 0 aliphatic carbocycles. The molecule has 88 valence electrons. The fourth-order valence-electron chi connectivity index (χ4n) is 1.85. The number of hydrogen-bond donors (Lipinski definition) is 2. The predicted octanol–water partition coefficient (Wildman–Crippen LogP) is 2.93. The van der Waals surface area contributed by atoms with Crippen LogP contribution in [-0.2, 0) is 0 Å². The molecule has 0 atom stereocenters. The lowest BCUT2D eigenvalue weighted by Crippen LogP contribution is -2.15. The van der Waals surface area contributed by atoms with E-state index in [9.17, 15) is 4.79 Å². The highest BCUT2D eigenvalue weighted by atomic mass is 16.1. The van der Waals surface area contributed by atoms with Crippen LogP contribution in [0, 0.1) is 13.8 Å². The molecule has 2 aromatic rings. The quantitative estimate of drug-likeness (QED) is 0.790. The lowest BCUT2D eigenvalue weighted by atomic mass is 10.2. The van der Waals surface area contributed by atoms with Crippen LogP contribution in [0.3, 0.4) is 0 Å². The van der Waals surface area contributed by atoms with Gasteiger partial charge in [-0.2, -0.15) is 0 Å². The van der Waals surface area contributed by atoms with Crippen LogP contribution in [0.4, 0.5) is 5.69 Å². The van der Waals surface area contributed by atoms with Crippen molar-refractivity contribution in [2.75, 3.05) is 11.9 Å². The molecule has 0 aliphatic heterocycles. The van der Waals surface area contributed by atoms with Gasteiger partial charge in [0.1, 0.15) is 0 Å². The van der Waals surface area contributed by atoms with Crippen LogP contribution in [-0.4, -0.2) is 17.3 Å². The number of H-pyrrole nitrogens is 1. The number of hydrogen-bond acceptors (Lipinski definition) is 2. The van der Waals surface area contributed by atoms with Gasteiger partial charge in [0.15, 0.2) is 5.78 Å². The van der Waals surface area contributed by atoms with Crippen molar-refractivity contribution in [3.8, 4) is 0 Å². The van der Waals surface area contributed by atoms with Crippen LogP contribution in [0.2, 0.25) is 0 Å². The molecule has 1 aromatic heterocycles. The molecule has 0 fully saturated rings. The fourth-order valence-corrected chi connectivity index (χ4v) is 1.85. The normalized spacial score (nSPS) is 10.2. The number of aryl methyl sites for hydroxylation is 2. The third-order valence-electron chi connectivity index (χ3n) is 2.66. The fraction of sp³-hybridized carbons (Fsp3) is 0.214. The number of nitrogens with one attached hydrogen (secondary N) is 2. The van der Waals surface area contributed by atoms with Crippen LogP contribution in [0.25, 0.3) is 0 Å². The minimum atomic E-state index is 0.0828. The first-order chi connectivity index (χ1) is 8.16. The summed E-state index contributed by atoms with van der Waals surface area (Å²) in [4.78, 5) is 15.0. The smallest absolute Gasteiger partial charge is 0.198 e. The van der Waals surface area contributed by atoms with E-state index in [0.29, 0.717) is 12.2 Å². The average molecular weight is 228 g/mol. The standard InChI is InChI=1S/C14H16N2O/c1-10-8-11(2)16-14(10)13(17)9-15-12-6-4-3-5-7-12/h3-8,15-16H,9H2,1-2H3. The number of carbonyl (C=O) groups excluding carboxylic acids is 1. The average Bonchev–Trinajstić information content (AvgIpc) is 2.67. The van der Waals surface area contributed by atoms with Crippen molar-refractivity contribution < 1.29 is 4.79 Å². The van der Waals surface area contributed by atoms with Gasteiger partial charge in [-0.1, -0.05) is 18.2 Å². The van der Waals surface area contributed by atoms with E-state index in [4.69, 9.17) is 0 Å². The maximum absolute atomic E-state index is 12.0. The Kier molecular flexibility index (Phi) is 3.28. The Bertz CT molecular complexity index is 514. The molecule has 1 aromatic carbocycles. The largest absolute Gasteiger partial charge is 0.378 e. The second-order valence-electron chi connectivity index (χ2n) is 4.15. The summed E-state index contributed by atoms with van der Waals surface area (Å²) in [5.74, 6) is 0.0828. The molecule has 3 nitrogen and oxygen atoms in total. The van der Waals surface area contributed by atoms with Gasteiger partial charge in [0.05, 0.1) is 12.2 Å². The third-order valence-corrected chi connectivity index (χ3v) is 2.66. The molecule has 0 saturated carbocycles. The molecule has 0 amide bonds. The second-order valence-corrected chi connectivity index (χ2v) is 4.15. The number of anilines is 1. The maximum Gasteiger partial charge on any atom is 0.198 e. The SMILES string of the molecule is Cc1cc(C)c(C(=O)CNc2ccccc2)[nH]1. The first kappa shape index (κ1) is 11.5. The molecule has 0 unspecified atom stereocenters. The zero-order chi connectivity index (χ0) is 12.3. The molecule has 2 N–H and O–H groups in total. The van der Waals surface area contributed by atoms with Crippen molar-refractivity contribution >= 4 is 11.5 Å². The number of Topliss-reactive ketones (excluding diaryl/α,β-unsaturated/α-hetero) is 1. The summed E-state index contributed by atoms with van der Waals surface area (Å²) >= 11 is 0. The minimum absolute atomic E-state index is 0.0828. The molecular formula is C14H16N2O. The van der Waals surface area contributed by atoms with Crippen molar-refractivity contribution in [2.24, 2.45) is 0 Å². The number of rotatable bonds is 4. The molecule has 0 spiro atoms. The van der Waals surface area contributed by atoms with Crippen molar-refractivity contribution in [1.82, 2.24) is 4.98 Å². The first-order valence-corrected chi connectivity index (χ1v) is 5.65. The predicted molar refractivity (Wildman–Crippen MR) is 69.5 cm³/mol. The van der Waals surface area contributed by atoms with Crippen LogP contribution >= 0.6 is 0 Å². The lowest BCUT2D eigenvalue weighted by Gasteiger charge is -2.05. The Hall–Kier alpha value is -2.03. The molecule has 1 heterocycles. The van der Waals surface area contributed by atoms with Gasteiger partial charge < -0.3 is 10.3 Å². The van der Waals surface area contributed by atoms with E-state index in [0.717, 1.165) is 16.9 Å². The van der Waals surface area contributed by atoms with Gasteiger partial charge in [-0.3, -0.25) is 4.79 Å². The van der Waals surface area contributed by atoms with E-state index in [1.807, 2.05) is 50.2 Å². The maximum atomic E-state index is 12.0. The Balaban J connectivity index is 2.01. The number of aromatic amines is 1. The number of aromatic nitrogens is 1. The molecule has 0 radical (unpaired) electrons. The summed E-state index contributed by atoms with van der Waals surface area (Å²) in [5.41, 5.74) is 3.68. The van der Waals surface area contributed by atoms with Crippen molar-refractivity contribution in [1.29, 1.82) is 0 Å². The molecule has 0 aliphatic rings. The highest BCUT2D eigenvalue weighted by Crippen LogP contribution is 2.10. The van der Waals surface area contributed by atoms with Gasteiger partial charge in [-0.05, 0) is 37.6 Å². The van der Waals surface area contributed by atoms with E-state index in [2.05, 4.69) is 10.3 Å². The highest BCUT2D eigenvalue weighted by Gasteiger charge is 2.10. The van der Waals surface area contributed by atoms with Gasteiger partial charge >= 0.3 is 0 Å². The Morgan fingerprint density at radius 1 is 1.24 bits per heavy atom. The van der Waals surface area contributed by atoms with Crippen molar-refractivity contribution in [3.63, 3.8) is 0 Å². The highest BCUT2D eigenvalue weighted by molar-refractivity contribution is 5.98. The van der Waals surface area contributed by atoms with Crippen molar-refractivity contribution in [2.45, 2.75) is 13.8 Å². The lowest BCUT2D eigenvalue weighted by molar-refractivity contribution is 0.100. The number of ketones is 1. The van der Waals surface area contributed by atoms with Gasteiger partial charge in [0.25, 0.3) is 0 Å². The summed E-state index contributed by atoms with van der Waals surface area (Å²) < 4.78 is 0. The Morgan fingerprint density at radius 2 is 1.94 bits per heavy atom. The topological polar surface area (TPSA) is 44.9 Å². The van der Waals surface area contributed by atoms with Gasteiger partial charge in [0.2, 0.25) is 0 Å². The Morgan fingerprint density at radius 3 is 2.53 bits per heavy atom. The van der Waals surface area contributed by atoms with E-state index in [1.54, 1.807) is 0 Å². The summed E-state index contributed by atoms with van der Waals surface area (Å²) in [5, 5.41) is 3.11. The van der Waals surface area contributed by atoms with Crippen LogP contribution < -0.4 is 5.32 Å². The van der Waals surface area contributed by atoms with Crippen molar-refractivity contribution in [3.05, 3.63) is 53.3 Å².